The predicted octanol–water partition coefficient (Wildman–Crippen LogP) is 0.151. The zero-order valence-electron chi connectivity index (χ0n) is 10.4. The maximum atomic E-state index is 11.5. The van der Waals surface area contributed by atoms with E-state index in [-0.39, 0.29) is 5.60 Å². The number of nitrogens with one attached hydrogen (secondary N) is 2. The first kappa shape index (κ1) is 14.3. The first-order chi connectivity index (χ1) is 8.13. The normalized spacial score (nSPS) is 23.4. The lowest BCUT2D eigenvalue weighted by atomic mass is 10.0. The van der Waals surface area contributed by atoms with Crippen molar-refractivity contribution < 1.29 is 14.3 Å². The van der Waals surface area contributed by atoms with E-state index in [0.29, 0.717) is 13.1 Å². The Hall–Kier alpha value is -0.750. The number of rotatable bonds is 5. The maximum Gasteiger partial charge on any atom is 0.309 e. The largest absolute Gasteiger partial charge is 0.376 e. The van der Waals surface area contributed by atoms with Crippen LogP contribution in [0, 0.1) is 0 Å². The van der Waals surface area contributed by atoms with Crippen molar-refractivity contribution in [3.63, 3.8) is 0 Å². The molecule has 1 atom stereocenters. The molecule has 2 N–H and O–H groups in total. The molecule has 1 aliphatic rings. The second-order valence-corrected chi connectivity index (χ2v) is 5.23. The van der Waals surface area contributed by atoms with Gasteiger partial charge in [0.05, 0.1) is 5.60 Å². The third-order valence-corrected chi connectivity index (χ3v) is 4.04. The van der Waals surface area contributed by atoms with Crippen molar-refractivity contribution in [1.29, 1.82) is 0 Å². The van der Waals surface area contributed by atoms with Gasteiger partial charge in [-0.2, -0.15) is 11.8 Å². The van der Waals surface area contributed by atoms with Crippen LogP contribution in [0.2, 0.25) is 0 Å². The molecule has 0 aromatic rings. The van der Waals surface area contributed by atoms with Crippen LogP contribution in [0.4, 0.5) is 0 Å². The summed E-state index contributed by atoms with van der Waals surface area (Å²) >= 11 is 1.80. The topological polar surface area (TPSA) is 67.4 Å². The van der Waals surface area contributed by atoms with Crippen LogP contribution in [0.5, 0.6) is 0 Å². The van der Waals surface area contributed by atoms with Gasteiger partial charge in [-0.3, -0.25) is 9.59 Å². The van der Waals surface area contributed by atoms with Crippen LogP contribution >= 0.6 is 11.8 Å². The number of hydrogen-bond acceptors (Lipinski definition) is 4. The molecule has 17 heavy (non-hydrogen) atoms. The highest BCUT2D eigenvalue weighted by Crippen LogP contribution is 2.30. The van der Waals surface area contributed by atoms with Gasteiger partial charge in [0.1, 0.15) is 0 Å². The fraction of sp³-hybridized carbons (Fsp3) is 0.818. The number of hydrogen-bond donors (Lipinski definition) is 2. The minimum atomic E-state index is -0.577. The van der Waals surface area contributed by atoms with E-state index in [1.165, 1.54) is 0 Å². The Morgan fingerprint density at radius 2 is 2.06 bits per heavy atom. The molecular formula is C11H20N2O3S. The van der Waals surface area contributed by atoms with Crippen LogP contribution in [-0.4, -0.2) is 49.1 Å². The zero-order valence-corrected chi connectivity index (χ0v) is 11.2. The third kappa shape index (κ3) is 4.20. The van der Waals surface area contributed by atoms with Crippen molar-refractivity contribution >= 4 is 23.6 Å². The van der Waals surface area contributed by atoms with Crippen LogP contribution in [0.15, 0.2) is 0 Å². The summed E-state index contributed by atoms with van der Waals surface area (Å²) in [5.74, 6) is 0.752. The molecule has 98 valence electrons. The Balaban J connectivity index is 2.33. The van der Waals surface area contributed by atoms with E-state index in [1.807, 2.05) is 6.92 Å². The van der Waals surface area contributed by atoms with E-state index < -0.39 is 11.8 Å². The highest BCUT2D eigenvalue weighted by molar-refractivity contribution is 7.99. The summed E-state index contributed by atoms with van der Waals surface area (Å²) in [7, 11) is 1.65. The summed E-state index contributed by atoms with van der Waals surface area (Å²) in [5.41, 5.74) is -0.300. The SMILES string of the molecule is CCCNC(=O)C(=O)NCC1(OC)CCSC1. The van der Waals surface area contributed by atoms with E-state index in [1.54, 1.807) is 18.9 Å². The maximum absolute atomic E-state index is 11.5. The molecule has 0 saturated carbocycles. The molecule has 1 rings (SSSR count). The molecule has 1 saturated heterocycles. The van der Waals surface area contributed by atoms with Crippen LogP contribution in [0.3, 0.4) is 0 Å². The molecule has 1 fully saturated rings. The van der Waals surface area contributed by atoms with Crippen molar-refractivity contribution in [2.45, 2.75) is 25.4 Å². The molecular weight excluding hydrogens is 240 g/mol. The number of methoxy groups -OCH3 is 1. The average Bonchev–Trinajstić information content (AvgIpc) is 2.82. The molecule has 0 aromatic heterocycles. The number of ether oxygens (including phenoxy) is 1. The lowest BCUT2D eigenvalue weighted by Crippen LogP contribution is -2.48. The van der Waals surface area contributed by atoms with Crippen LogP contribution in [0.1, 0.15) is 19.8 Å². The quantitative estimate of drug-likeness (QED) is 0.691. The van der Waals surface area contributed by atoms with Crippen LogP contribution in [0.25, 0.3) is 0 Å². The lowest BCUT2D eigenvalue weighted by Gasteiger charge is -2.26. The number of thioether (sulfide) groups is 1. The van der Waals surface area contributed by atoms with Gasteiger partial charge in [-0.25, -0.2) is 0 Å². The smallest absolute Gasteiger partial charge is 0.309 e. The van der Waals surface area contributed by atoms with Crippen molar-refractivity contribution in [2.24, 2.45) is 0 Å². The summed E-state index contributed by atoms with van der Waals surface area (Å²) in [5, 5.41) is 5.18. The first-order valence-corrected chi connectivity index (χ1v) is 6.98. The average molecular weight is 260 g/mol. The van der Waals surface area contributed by atoms with Gasteiger partial charge in [0.2, 0.25) is 0 Å². The Kier molecular flexibility index (Phi) is 5.77. The van der Waals surface area contributed by atoms with Gasteiger partial charge in [0.15, 0.2) is 0 Å². The Labute approximate surface area is 106 Å². The molecule has 1 heterocycles. The summed E-state index contributed by atoms with van der Waals surface area (Å²) in [4.78, 5) is 22.8. The lowest BCUT2D eigenvalue weighted by molar-refractivity contribution is -0.139. The Morgan fingerprint density at radius 1 is 1.35 bits per heavy atom. The highest BCUT2D eigenvalue weighted by Gasteiger charge is 2.35. The molecule has 6 heteroatoms. The molecule has 1 unspecified atom stereocenters. The molecule has 2 amide bonds. The second-order valence-electron chi connectivity index (χ2n) is 4.13. The Bertz CT molecular complexity index is 278. The number of carbonyl (C=O) groups excluding carboxylic acids is 2. The van der Waals surface area contributed by atoms with Gasteiger partial charge in [-0.15, -0.1) is 0 Å². The molecule has 0 aliphatic carbocycles. The summed E-state index contributed by atoms with van der Waals surface area (Å²) < 4.78 is 5.44. The summed E-state index contributed by atoms with van der Waals surface area (Å²) in [6, 6.07) is 0. The van der Waals surface area contributed by atoms with Gasteiger partial charge in [-0.05, 0) is 18.6 Å². The van der Waals surface area contributed by atoms with Gasteiger partial charge < -0.3 is 15.4 Å². The molecule has 0 radical (unpaired) electrons. The van der Waals surface area contributed by atoms with Gasteiger partial charge >= 0.3 is 11.8 Å². The molecule has 0 spiro atoms. The van der Waals surface area contributed by atoms with E-state index in [2.05, 4.69) is 10.6 Å². The van der Waals surface area contributed by atoms with Gasteiger partial charge in [0, 0.05) is 26.0 Å². The van der Waals surface area contributed by atoms with E-state index >= 15 is 0 Å². The first-order valence-electron chi connectivity index (χ1n) is 5.82. The van der Waals surface area contributed by atoms with Crippen LogP contribution in [-0.2, 0) is 14.3 Å². The molecule has 0 aromatic carbocycles. The van der Waals surface area contributed by atoms with Crippen molar-refractivity contribution in [3.05, 3.63) is 0 Å². The minimum Gasteiger partial charge on any atom is -0.376 e. The number of amides is 2. The van der Waals surface area contributed by atoms with E-state index in [4.69, 9.17) is 4.74 Å². The predicted molar refractivity (Wildman–Crippen MR) is 68.0 cm³/mol. The fourth-order valence-corrected chi connectivity index (χ4v) is 3.00. The highest BCUT2D eigenvalue weighted by atomic mass is 32.2. The van der Waals surface area contributed by atoms with Gasteiger partial charge in [-0.1, -0.05) is 6.92 Å². The monoisotopic (exact) mass is 260 g/mol. The molecule has 0 bridgehead atoms. The van der Waals surface area contributed by atoms with Crippen molar-refractivity contribution in [1.82, 2.24) is 10.6 Å². The molecule has 5 nitrogen and oxygen atoms in total. The van der Waals surface area contributed by atoms with E-state index in [0.717, 1.165) is 24.3 Å². The molecule has 1 aliphatic heterocycles. The summed E-state index contributed by atoms with van der Waals surface area (Å²) in [6.45, 7) is 2.86. The van der Waals surface area contributed by atoms with Crippen LogP contribution < -0.4 is 10.6 Å². The van der Waals surface area contributed by atoms with Crippen molar-refractivity contribution in [2.75, 3.05) is 31.7 Å². The second kappa shape index (κ2) is 6.86. The minimum absolute atomic E-state index is 0.300. The standard InChI is InChI=1S/C11H20N2O3S/c1-3-5-12-9(14)10(15)13-7-11(16-2)4-6-17-8-11/h3-8H2,1-2H3,(H,12,14)(H,13,15). The van der Waals surface area contributed by atoms with Gasteiger partial charge in [0.25, 0.3) is 0 Å². The third-order valence-electron chi connectivity index (χ3n) is 2.81. The fourth-order valence-electron chi connectivity index (χ4n) is 1.60. The van der Waals surface area contributed by atoms with E-state index in [9.17, 15) is 9.59 Å². The van der Waals surface area contributed by atoms with Crippen molar-refractivity contribution in [3.8, 4) is 0 Å². The Morgan fingerprint density at radius 3 is 2.59 bits per heavy atom. The summed E-state index contributed by atoms with van der Waals surface area (Å²) in [6.07, 6.45) is 1.72. The zero-order chi connectivity index (χ0) is 12.7. The number of carbonyl (C=O) groups is 2.